The zero-order valence-electron chi connectivity index (χ0n) is 13.8. The molecule has 4 heteroatoms. The third-order valence-corrected chi connectivity index (χ3v) is 3.80. The Morgan fingerprint density at radius 2 is 2.05 bits per heavy atom. The topological polar surface area (TPSA) is 39.1 Å². The largest absolute Gasteiger partial charge is 0.380 e. The standard InChI is InChI=1S/C16H31N3O/c1-6-9-16(20-5)15(17-10-7-2)12-14-11-13(8-3)18-19(14)4/h11,15-17H,6-10,12H2,1-5H3. The molecule has 0 aliphatic rings. The number of aromatic nitrogens is 2. The first kappa shape index (κ1) is 17.2. The summed E-state index contributed by atoms with van der Waals surface area (Å²) in [6, 6.07) is 2.58. The van der Waals surface area contributed by atoms with Gasteiger partial charge in [-0.05, 0) is 31.9 Å². The number of nitrogens with one attached hydrogen (secondary N) is 1. The molecule has 116 valence electrons. The van der Waals surface area contributed by atoms with Crippen LogP contribution >= 0.6 is 0 Å². The maximum atomic E-state index is 5.70. The van der Waals surface area contributed by atoms with E-state index in [4.69, 9.17) is 4.74 Å². The average Bonchev–Trinajstić information content (AvgIpc) is 2.81. The van der Waals surface area contributed by atoms with Crippen molar-refractivity contribution in [3.63, 3.8) is 0 Å². The molecule has 0 aromatic carbocycles. The van der Waals surface area contributed by atoms with Crippen LogP contribution in [-0.2, 0) is 24.6 Å². The Labute approximate surface area is 123 Å². The fourth-order valence-corrected chi connectivity index (χ4v) is 2.59. The van der Waals surface area contributed by atoms with Crippen LogP contribution in [0.15, 0.2) is 6.07 Å². The van der Waals surface area contributed by atoms with Crippen LogP contribution in [0.25, 0.3) is 0 Å². The molecule has 20 heavy (non-hydrogen) atoms. The Bertz CT molecular complexity index is 376. The molecule has 0 saturated heterocycles. The Morgan fingerprint density at radius 1 is 1.30 bits per heavy atom. The quantitative estimate of drug-likeness (QED) is 0.717. The summed E-state index contributed by atoms with van der Waals surface area (Å²) in [5, 5.41) is 8.18. The normalized spacial score (nSPS) is 14.4. The number of ether oxygens (including phenoxy) is 1. The van der Waals surface area contributed by atoms with E-state index in [-0.39, 0.29) is 6.10 Å². The van der Waals surface area contributed by atoms with E-state index < -0.39 is 0 Å². The predicted molar refractivity (Wildman–Crippen MR) is 84.1 cm³/mol. The zero-order chi connectivity index (χ0) is 15.0. The molecule has 1 aromatic rings. The van der Waals surface area contributed by atoms with Gasteiger partial charge in [0.1, 0.15) is 0 Å². The lowest BCUT2D eigenvalue weighted by molar-refractivity contribution is 0.0603. The summed E-state index contributed by atoms with van der Waals surface area (Å²) in [7, 11) is 3.86. The summed E-state index contributed by atoms with van der Waals surface area (Å²) in [6.45, 7) is 7.59. The molecule has 0 aliphatic heterocycles. The van der Waals surface area contributed by atoms with Gasteiger partial charge in [-0.15, -0.1) is 0 Å². The van der Waals surface area contributed by atoms with Crippen LogP contribution in [-0.4, -0.2) is 35.6 Å². The molecule has 2 atom stereocenters. The highest BCUT2D eigenvalue weighted by molar-refractivity contribution is 5.12. The molecule has 1 N–H and O–H groups in total. The van der Waals surface area contributed by atoms with Crippen molar-refractivity contribution in [2.75, 3.05) is 13.7 Å². The molecule has 0 aliphatic carbocycles. The van der Waals surface area contributed by atoms with Crippen molar-refractivity contribution in [2.24, 2.45) is 7.05 Å². The highest BCUT2D eigenvalue weighted by Crippen LogP contribution is 2.14. The smallest absolute Gasteiger partial charge is 0.0728 e. The van der Waals surface area contributed by atoms with E-state index in [0.29, 0.717) is 6.04 Å². The lowest BCUT2D eigenvalue weighted by Gasteiger charge is -2.27. The van der Waals surface area contributed by atoms with Gasteiger partial charge in [-0.2, -0.15) is 5.10 Å². The van der Waals surface area contributed by atoms with Crippen LogP contribution in [0.1, 0.15) is 51.4 Å². The van der Waals surface area contributed by atoms with E-state index in [9.17, 15) is 0 Å². The predicted octanol–water partition coefficient (Wildman–Crippen LogP) is 2.71. The first-order chi connectivity index (χ1) is 9.65. The van der Waals surface area contributed by atoms with Gasteiger partial charge in [0.2, 0.25) is 0 Å². The van der Waals surface area contributed by atoms with E-state index in [1.807, 2.05) is 18.8 Å². The molecule has 0 bridgehead atoms. The van der Waals surface area contributed by atoms with Gasteiger partial charge in [0.05, 0.1) is 11.8 Å². The third kappa shape index (κ3) is 4.91. The number of methoxy groups -OCH3 is 1. The highest BCUT2D eigenvalue weighted by atomic mass is 16.5. The second-order valence-corrected chi connectivity index (χ2v) is 5.43. The van der Waals surface area contributed by atoms with Crippen LogP contribution in [0.3, 0.4) is 0 Å². The molecule has 1 aromatic heterocycles. The van der Waals surface area contributed by atoms with Crippen molar-refractivity contribution < 1.29 is 4.74 Å². The van der Waals surface area contributed by atoms with Gasteiger partial charge in [-0.1, -0.05) is 27.2 Å². The molecule has 2 unspecified atom stereocenters. The SMILES string of the molecule is CCCNC(Cc1cc(CC)nn1C)C(CCC)OC. The Hall–Kier alpha value is -0.870. The molecule has 1 heterocycles. The van der Waals surface area contributed by atoms with E-state index in [2.05, 4.69) is 37.3 Å². The van der Waals surface area contributed by atoms with Gasteiger partial charge in [0.15, 0.2) is 0 Å². The second-order valence-electron chi connectivity index (χ2n) is 5.43. The first-order valence-corrected chi connectivity index (χ1v) is 7.94. The van der Waals surface area contributed by atoms with Gasteiger partial charge in [0.25, 0.3) is 0 Å². The van der Waals surface area contributed by atoms with Crippen LogP contribution in [0.5, 0.6) is 0 Å². The summed E-state index contributed by atoms with van der Waals surface area (Å²) in [5.41, 5.74) is 2.45. The van der Waals surface area contributed by atoms with E-state index in [1.54, 1.807) is 0 Å². The average molecular weight is 281 g/mol. The summed E-state index contributed by atoms with van der Waals surface area (Å²) in [5.74, 6) is 0. The van der Waals surface area contributed by atoms with Gasteiger partial charge < -0.3 is 10.1 Å². The van der Waals surface area contributed by atoms with E-state index in [0.717, 1.165) is 38.6 Å². The second kappa shape index (κ2) is 9.14. The minimum absolute atomic E-state index is 0.270. The number of hydrogen-bond acceptors (Lipinski definition) is 3. The summed E-state index contributed by atoms with van der Waals surface area (Å²) < 4.78 is 7.71. The van der Waals surface area contributed by atoms with Crippen molar-refractivity contribution in [1.29, 1.82) is 0 Å². The molecule has 0 saturated carbocycles. The Kier molecular flexibility index (Phi) is 7.85. The molecular weight excluding hydrogens is 250 g/mol. The maximum absolute atomic E-state index is 5.70. The molecule has 1 rings (SSSR count). The minimum atomic E-state index is 0.270. The zero-order valence-corrected chi connectivity index (χ0v) is 13.8. The molecule has 0 radical (unpaired) electrons. The van der Waals surface area contributed by atoms with Gasteiger partial charge in [-0.3, -0.25) is 4.68 Å². The molecule has 0 fully saturated rings. The highest BCUT2D eigenvalue weighted by Gasteiger charge is 2.21. The van der Waals surface area contributed by atoms with Gasteiger partial charge >= 0.3 is 0 Å². The fourth-order valence-electron chi connectivity index (χ4n) is 2.59. The van der Waals surface area contributed by atoms with Crippen LogP contribution in [0, 0.1) is 0 Å². The lowest BCUT2D eigenvalue weighted by atomic mass is 10.0. The van der Waals surface area contributed by atoms with Gasteiger partial charge in [-0.25, -0.2) is 0 Å². The van der Waals surface area contributed by atoms with Crippen LogP contribution < -0.4 is 5.32 Å². The summed E-state index contributed by atoms with van der Waals surface area (Å²) in [4.78, 5) is 0. The number of aryl methyl sites for hydroxylation is 2. The number of nitrogens with zero attached hydrogens (tertiary/aromatic N) is 2. The third-order valence-electron chi connectivity index (χ3n) is 3.80. The number of rotatable bonds is 10. The van der Waals surface area contributed by atoms with Crippen LogP contribution in [0.4, 0.5) is 0 Å². The monoisotopic (exact) mass is 281 g/mol. The van der Waals surface area contributed by atoms with Crippen molar-refractivity contribution in [1.82, 2.24) is 15.1 Å². The van der Waals surface area contributed by atoms with Crippen LogP contribution in [0.2, 0.25) is 0 Å². The lowest BCUT2D eigenvalue weighted by Crippen LogP contribution is -2.43. The minimum Gasteiger partial charge on any atom is -0.380 e. The molecule has 0 spiro atoms. The fraction of sp³-hybridized carbons (Fsp3) is 0.812. The van der Waals surface area contributed by atoms with Crippen molar-refractivity contribution >= 4 is 0 Å². The molecular formula is C16H31N3O. The molecule has 0 amide bonds. The maximum Gasteiger partial charge on any atom is 0.0728 e. The van der Waals surface area contributed by atoms with Crippen molar-refractivity contribution in [2.45, 2.75) is 65.0 Å². The van der Waals surface area contributed by atoms with Gasteiger partial charge in [0, 0.05) is 32.3 Å². The first-order valence-electron chi connectivity index (χ1n) is 7.94. The Morgan fingerprint density at radius 3 is 2.55 bits per heavy atom. The van der Waals surface area contributed by atoms with Crippen molar-refractivity contribution in [3.05, 3.63) is 17.5 Å². The van der Waals surface area contributed by atoms with E-state index >= 15 is 0 Å². The van der Waals surface area contributed by atoms with E-state index in [1.165, 1.54) is 11.4 Å². The van der Waals surface area contributed by atoms with Crippen molar-refractivity contribution in [3.8, 4) is 0 Å². The summed E-state index contributed by atoms with van der Waals surface area (Å²) in [6.07, 6.45) is 5.62. The molecule has 4 nitrogen and oxygen atoms in total. The number of hydrogen-bond donors (Lipinski definition) is 1. The Balaban J connectivity index is 2.78. The summed E-state index contributed by atoms with van der Waals surface area (Å²) >= 11 is 0.